The zero-order valence-corrected chi connectivity index (χ0v) is 23.4. The number of carbonyl (C=O) groups is 3. The highest BCUT2D eigenvalue weighted by atomic mass is 16.5. The molecule has 1 fully saturated rings. The highest BCUT2D eigenvalue weighted by Crippen LogP contribution is 2.24. The lowest BCUT2D eigenvalue weighted by molar-refractivity contribution is -0.145. The maximum absolute atomic E-state index is 13.7. The minimum atomic E-state index is -0.633. The smallest absolute Gasteiger partial charge is 0.246 e. The Balaban J connectivity index is 1.61. The fourth-order valence-corrected chi connectivity index (χ4v) is 5.51. The molecule has 2 N–H and O–H groups in total. The Labute approximate surface area is 232 Å². The van der Waals surface area contributed by atoms with Crippen LogP contribution in [0.3, 0.4) is 0 Å². The monoisotopic (exact) mass is 534 g/mol. The Kier molecular flexibility index (Phi) is 9.98. The van der Waals surface area contributed by atoms with Crippen molar-refractivity contribution in [3.05, 3.63) is 65.7 Å². The number of hydrogen-bond acceptors (Lipinski definition) is 5. The lowest BCUT2D eigenvalue weighted by Gasteiger charge is -2.32. The molecule has 2 aromatic carbocycles. The minimum Gasteiger partial charge on any atom is -0.492 e. The molecule has 2 aromatic rings. The fraction of sp³-hybridized carbons (Fsp3) is 0.516. The molecule has 8 heteroatoms. The Hall–Kier alpha value is -3.39. The molecule has 2 heterocycles. The van der Waals surface area contributed by atoms with Crippen LogP contribution < -0.4 is 15.4 Å². The van der Waals surface area contributed by atoms with Gasteiger partial charge in [-0.1, -0.05) is 68.8 Å². The summed E-state index contributed by atoms with van der Waals surface area (Å²) in [5.74, 6) is 0.485. The Bertz CT molecular complexity index is 1120. The van der Waals surface area contributed by atoms with E-state index in [1.165, 1.54) is 0 Å². The summed E-state index contributed by atoms with van der Waals surface area (Å²) in [4.78, 5) is 44.1. The first-order valence-corrected chi connectivity index (χ1v) is 14.2. The lowest BCUT2D eigenvalue weighted by atomic mass is 9.97. The second-order valence-corrected chi connectivity index (χ2v) is 10.7. The molecule has 2 aliphatic rings. The van der Waals surface area contributed by atoms with Gasteiger partial charge in [-0.15, -0.1) is 0 Å². The topological polar surface area (TPSA) is 91.0 Å². The second-order valence-electron chi connectivity index (χ2n) is 10.7. The van der Waals surface area contributed by atoms with Gasteiger partial charge in [-0.25, -0.2) is 0 Å². The molecular formula is C31H42N4O4. The first-order chi connectivity index (χ1) is 18.9. The molecule has 4 atom stereocenters. The molecule has 0 radical (unpaired) electrons. The summed E-state index contributed by atoms with van der Waals surface area (Å²) in [5, 5.41) is 6.48. The zero-order chi connectivity index (χ0) is 27.8. The summed E-state index contributed by atoms with van der Waals surface area (Å²) in [7, 11) is 1.71. The van der Waals surface area contributed by atoms with E-state index in [1.807, 2.05) is 54.6 Å². The first-order valence-electron chi connectivity index (χ1n) is 14.2. The van der Waals surface area contributed by atoms with Gasteiger partial charge < -0.3 is 25.2 Å². The normalized spacial score (nSPS) is 24.3. The summed E-state index contributed by atoms with van der Waals surface area (Å²) >= 11 is 0. The molecule has 4 rings (SSSR count). The van der Waals surface area contributed by atoms with E-state index in [1.54, 1.807) is 16.8 Å². The predicted molar refractivity (Wildman–Crippen MR) is 151 cm³/mol. The van der Waals surface area contributed by atoms with Crippen molar-refractivity contribution in [3.8, 4) is 5.75 Å². The van der Waals surface area contributed by atoms with Gasteiger partial charge in [0.1, 0.15) is 24.4 Å². The Morgan fingerprint density at radius 3 is 2.51 bits per heavy atom. The van der Waals surface area contributed by atoms with Crippen LogP contribution in [0, 0.1) is 5.92 Å². The fourth-order valence-electron chi connectivity index (χ4n) is 5.51. The third-order valence-electron chi connectivity index (χ3n) is 8.08. The standard InChI is InChI=1S/C31H42N4O4/c1-4-22(2)28-31(38)34(3)25-16-19-35(30(25)37)26(21-23-11-6-5-7-12-23)29(36)33-17-10-14-24-13-8-9-15-27(24)39-20-18-32-28/h5-9,11-13,15,22,25-26,28,32H,4,10,14,16-21H2,1-3H3,(H,33,36)/t22?,25-,26-,28?/m1/s1. The lowest BCUT2D eigenvalue weighted by Crippen LogP contribution is -2.55. The van der Waals surface area contributed by atoms with Crippen LogP contribution in [-0.2, 0) is 27.2 Å². The van der Waals surface area contributed by atoms with E-state index in [9.17, 15) is 14.4 Å². The molecule has 210 valence electrons. The van der Waals surface area contributed by atoms with Gasteiger partial charge in [0.25, 0.3) is 0 Å². The number of nitrogens with one attached hydrogen (secondary N) is 2. The van der Waals surface area contributed by atoms with Gasteiger partial charge in [-0.2, -0.15) is 0 Å². The van der Waals surface area contributed by atoms with Gasteiger partial charge in [-0.05, 0) is 42.4 Å². The number of rotatable bonds is 4. The molecule has 0 saturated carbocycles. The zero-order valence-electron chi connectivity index (χ0n) is 23.4. The van der Waals surface area contributed by atoms with E-state index in [0.29, 0.717) is 39.1 Å². The minimum absolute atomic E-state index is 0.0852. The third-order valence-corrected chi connectivity index (χ3v) is 8.08. The van der Waals surface area contributed by atoms with Gasteiger partial charge in [-0.3, -0.25) is 14.4 Å². The molecule has 39 heavy (non-hydrogen) atoms. The number of nitrogens with zero attached hydrogens (tertiary/aromatic N) is 2. The van der Waals surface area contributed by atoms with Crippen molar-refractivity contribution in [2.75, 3.05) is 33.3 Å². The van der Waals surface area contributed by atoms with Crippen LogP contribution in [0.5, 0.6) is 5.75 Å². The second kappa shape index (κ2) is 13.6. The SMILES string of the molecule is CCC(C)C1NCCOc2ccccc2CCCNC(=O)[C@@H](Cc2ccccc2)N2CC[C@H](C2=O)N(C)C1=O. The number of hydrogen-bond donors (Lipinski definition) is 2. The van der Waals surface area contributed by atoms with Crippen molar-refractivity contribution in [1.29, 1.82) is 0 Å². The summed E-state index contributed by atoms with van der Waals surface area (Å²) in [6.07, 6.45) is 3.27. The van der Waals surface area contributed by atoms with Crippen LogP contribution in [0.1, 0.15) is 44.2 Å². The molecule has 1 saturated heterocycles. The predicted octanol–water partition coefficient (Wildman–Crippen LogP) is 2.80. The Morgan fingerprint density at radius 1 is 1.00 bits per heavy atom. The maximum Gasteiger partial charge on any atom is 0.246 e. The maximum atomic E-state index is 13.7. The van der Waals surface area contributed by atoms with Gasteiger partial charge >= 0.3 is 0 Å². The van der Waals surface area contributed by atoms with E-state index in [0.717, 1.165) is 36.1 Å². The van der Waals surface area contributed by atoms with Crippen molar-refractivity contribution >= 4 is 17.7 Å². The molecule has 0 aliphatic carbocycles. The van der Waals surface area contributed by atoms with Gasteiger partial charge in [0.15, 0.2) is 0 Å². The highest BCUT2D eigenvalue weighted by Gasteiger charge is 2.43. The first kappa shape index (κ1) is 28.6. The van der Waals surface area contributed by atoms with E-state index in [4.69, 9.17) is 4.74 Å². The van der Waals surface area contributed by atoms with Crippen LogP contribution in [-0.4, -0.2) is 78.9 Å². The molecule has 0 spiro atoms. The van der Waals surface area contributed by atoms with Gasteiger partial charge in [0.05, 0.1) is 6.04 Å². The van der Waals surface area contributed by atoms with Crippen molar-refractivity contribution in [2.24, 2.45) is 5.92 Å². The number of amides is 3. The van der Waals surface area contributed by atoms with Crippen molar-refractivity contribution in [1.82, 2.24) is 20.4 Å². The van der Waals surface area contributed by atoms with Crippen LogP contribution in [0.2, 0.25) is 0 Å². The van der Waals surface area contributed by atoms with Crippen LogP contribution in [0.25, 0.3) is 0 Å². The van der Waals surface area contributed by atoms with E-state index in [2.05, 4.69) is 24.5 Å². The Morgan fingerprint density at radius 2 is 1.74 bits per heavy atom. The number of likely N-dealkylation sites (N-methyl/N-ethyl adjacent to an activating group) is 1. The summed E-state index contributed by atoms with van der Waals surface area (Å²) in [6.45, 7) is 5.99. The largest absolute Gasteiger partial charge is 0.492 e. The molecule has 2 bridgehead atoms. The quantitative estimate of drug-likeness (QED) is 0.630. The number of fused-ring (bicyclic) bond motifs is 3. The molecule has 2 aliphatic heterocycles. The van der Waals surface area contributed by atoms with Crippen molar-refractivity contribution < 1.29 is 19.1 Å². The van der Waals surface area contributed by atoms with Crippen LogP contribution in [0.15, 0.2) is 54.6 Å². The average Bonchev–Trinajstić information content (AvgIpc) is 3.34. The summed E-state index contributed by atoms with van der Waals surface area (Å²) < 4.78 is 6.09. The highest BCUT2D eigenvalue weighted by molar-refractivity contribution is 5.94. The number of benzene rings is 2. The number of para-hydroxylation sites is 1. The number of aryl methyl sites for hydroxylation is 1. The number of ether oxygens (including phenoxy) is 1. The third kappa shape index (κ3) is 6.98. The average molecular weight is 535 g/mol. The van der Waals surface area contributed by atoms with Crippen LogP contribution >= 0.6 is 0 Å². The number of carbonyl (C=O) groups excluding carboxylic acids is 3. The van der Waals surface area contributed by atoms with E-state index in [-0.39, 0.29) is 23.6 Å². The van der Waals surface area contributed by atoms with Gasteiger partial charge in [0.2, 0.25) is 17.7 Å². The van der Waals surface area contributed by atoms with Gasteiger partial charge in [0, 0.05) is 33.1 Å². The molecule has 3 amide bonds. The van der Waals surface area contributed by atoms with Crippen molar-refractivity contribution in [3.63, 3.8) is 0 Å². The van der Waals surface area contributed by atoms with E-state index >= 15 is 0 Å². The molecule has 8 nitrogen and oxygen atoms in total. The molecule has 2 unspecified atom stereocenters. The molecule has 0 aromatic heterocycles. The van der Waals surface area contributed by atoms with Crippen LogP contribution in [0.4, 0.5) is 0 Å². The summed E-state index contributed by atoms with van der Waals surface area (Å²) in [5.41, 5.74) is 2.08. The summed E-state index contributed by atoms with van der Waals surface area (Å²) in [6, 6.07) is 16.1. The van der Waals surface area contributed by atoms with E-state index < -0.39 is 18.1 Å². The van der Waals surface area contributed by atoms with Crippen molar-refractivity contribution in [2.45, 2.75) is 64.1 Å². The molecular weight excluding hydrogens is 492 g/mol.